The molecule has 0 radical (unpaired) electrons. The molecule has 15 heavy (non-hydrogen) atoms. The monoisotopic (exact) mass is 319 g/mol. The number of halogens is 2. The number of anilines is 1. The predicted molar refractivity (Wildman–Crippen MR) is 66.0 cm³/mol. The van der Waals surface area contributed by atoms with Crippen LogP contribution in [0.25, 0.3) is 0 Å². The van der Waals surface area contributed by atoms with E-state index in [-0.39, 0.29) is 5.91 Å². The summed E-state index contributed by atoms with van der Waals surface area (Å²) in [5.74, 6) is -0.0373. The van der Waals surface area contributed by atoms with Crippen molar-refractivity contribution < 1.29 is 9.18 Å². The summed E-state index contributed by atoms with van der Waals surface area (Å²) in [5.41, 5.74) is 0.353. The molecule has 2 nitrogen and oxygen atoms in total. The summed E-state index contributed by atoms with van der Waals surface area (Å²) in [5, 5.41) is 2.72. The molecule has 1 saturated carbocycles. The summed E-state index contributed by atoms with van der Waals surface area (Å²) < 4.78 is 14.0. The molecule has 0 bridgehead atoms. The topological polar surface area (TPSA) is 29.1 Å². The third kappa shape index (κ3) is 2.48. The van der Waals surface area contributed by atoms with Crippen molar-refractivity contribution in [1.29, 1.82) is 0 Å². The van der Waals surface area contributed by atoms with Crippen LogP contribution in [0.1, 0.15) is 18.4 Å². The van der Waals surface area contributed by atoms with Crippen LogP contribution in [0.2, 0.25) is 0 Å². The summed E-state index contributed by atoms with van der Waals surface area (Å²) in [4.78, 5) is 11.1. The molecule has 4 heteroatoms. The zero-order chi connectivity index (χ0) is 10.9. The Morgan fingerprint density at radius 2 is 2.00 bits per heavy atom. The first kappa shape index (κ1) is 10.9. The largest absolute Gasteiger partial charge is 0.325 e. The maximum atomic E-state index is 13.6. The van der Waals surface area contributed by atoms with Crippen LogP contribution in [0.15, 0.2) is 24.3 Å². The second kappa shape index (κ2) is 4.08. The Balaban J connectivity index is 2.07. The van der Waals surface area contributed by atoms with Crippen molar-refractivity contribution in [2.24, 2.45) is 0 Å². The van der Waals surface area contributed by atoms with Gasteiger partial charge in [-0.3, -0.25) is 4.79 Å². The van der Waals surface area contributed by atoms with Crippen LogP contribution in [0.4, 0.5) is 10.1 Å². The molecule has 1 fully saturated rings. The highest BCUT2D eigenvalue weighted by Crippen LogP contribution is 2.49. The summed E-state index contributed by atoms with van der Waals surface area (Å²) in [6, 6.07) is 6.99. The highest BCUT2D eigenvalue weighted by molar-refractivity contribution is 14.1. The molecule has 1 N–H and O–H groups in total. The summed E-state index contributed by atoms with van der Waals surface area (Å²) in [6.45, 7) is 0. The van der Waals surface area contributed by atoms with E-state index in [0.29, 0.717) is 17.3 Å². The Hall–Kier alpha value is -0.650. The molecule has 1 aromatic carbocycles. The summed E-state index contributed by atoms with van der Waals surface area (Å²) >= 11 is 2.00. The molecule has 2 rings (SSSR count). The van der Waals surface area contributed by atoms with Gasteiger partial charge in [0, 0.05) is 5.69 Å². The van der Waals surface area contributed by atoms with Crippen molar-refractivity contribution in [3.8, 4) is 0 Å². The first-order valence-corrected chi connectivity index (χ1v) is 6.32. The second-order valence-corrected chi connectivity index (χ2v) is 4.49. The van der Waals surface area contributed by atoms with Gasteiger partial charge in [-0.2, -0.15) is 0 Å². The van der Waals surface area contributed by atoms with E-state index in [9.17, 15) is 9.18 Å². The molecule has 1 aliphatic carbocycles. The van der Waals surface area contributed by atoms with Crippen molar-refractivity contribution in [2.45, 2.75) is 18.5 Å². The van der Waals surface area contributed by atoms with Crippen molar-refractivity contribution >= 4 is 34.2 Å². The van der Waals surface area contributed by atoms with Crippen LogP contribution in [-0.2, 0) is 10.5 Å². The smallest absolute Gasteiger partial charge is 0.234 e. The Labute approximate surface area is 101 Å². The number of benzene rings is 1. The van der Waals surface area contributed by atoms with Crippen molar-refractivity contribution in [1.82, 2.24) is 0 Å². The van der Waals surface area contributed by atoms with E-state index in [4.69, 9.17) is 0 Å². The molecule has 0 atom stereocenters. The molecule has 1 aliphatic rings. The average molecular weight is 319 g/mol. The van der Waals surface area contributed by atoms with Gasteiger partial charge in [0.2, 0.25) is 5.91 Å². The van der Waals surface area contributed by atoms with Crippen LogP contribution >= 0.6 is 22.6 Å². The molecular formula is C11H11FINO. The maximum Gasteiger partial charge on any atom is 0.234 e. The van der Waals surface area contributed by atoms with Gasteiger partial charge in [-0.1, -0.05) is 34.7 Å². The fourth-order valence-electron chi connectivity index (χ4n) is 1.45. The van der Waals surface area contributed by atoms with Gasteiger partial charge in [-0.05, 0) is 30.5 Å². The Bertz CT molecular complexity index is 373. The van der Waals surface area contributed by atoms with Gasteiger partial charge in [0.05, 0.1) is 4.43 Å². The molecule has 0 saturated heterocycles. The minimum Gasteiger partial charge on any atom is -0.325 e. The zero-order valence-electron chi connectivity index (χ0n) is 8.09. The van der Waals surface area contributed by atoms with Gasteiger partial charge in [-0.15, -0.1) is 0 Å². The molecule has 0 spiro atoms. The number of hydrogen-bond acceptors (Lipinski definition) is 1. The number of hydrogen-bond donors (Lipinski definition) is 1. The predicted octanol–water partition coefficient (Wildman–Crippen LogP) is 3.02. The standard InChI is InChI=1S/C11H11FINO/c12-11(5-6-11)8-1-3-9(4-2-8)14-10(15)7-13/h1-4H,5-7H2,(H,14,15). The number of rotatable bonds is 3. The van der Waals surface area contributed by atoms with Gasteiger partial charge >= 0.3 is 0 Å². The van der Waals surface area contributed by atoms with Crippen molar-refractivity contribution in [2.75, 3.05) is 9.74 Å². The van der Waals surface area contributed by atoms with Crippen LogP contribution in [0, 0.1) is 0 Å². The van der Waals surface area contributed by atoms with E-state index in [0.717, 1.165) is 11.3 Å². The molecular weight excluding hydrogens is 308 g/mol. The fourth-order valence-corrected chi connectivity index (χ4v) is 1.64. The Morgan fingerprint density at radius 1 is 1.40 bits per heavy atom. The van der Waals surface area contributed by atoms with Gasteiger partial charge < -0.3 is 5.32 Å². The maximum absolute atomic E-state index is 13.6. The van der Waals surface area contributed by atoms with Crippen LogP contribution in [-0.4, -0.2) is 10.3 Å². The number of alkyl halides is 2. The highest BCUT2D eigenvalue weighted by Gasteiger charge is 2.44. The van der Waals surface area contributed by atoms with E-state index in [1.165, 1.54) is 0 Å². The van der Waals surface area contributed by atoms with Crippen molar-refractivity contribution in [3.63, 3.8) is 0 Å². The SMILES string of the molecule is O=C(CI)Nc1ccc(C2(F)CC2)cc1. The lowest BCUT2D eigenvalue weighted by Crippen LogP contribution is -2.12. The van der Waals surface area contributed by atoms with Gasteiger partial charge in [0.15, 0.2) is 0 Å². The third-order valence-corrected chi connectivity index (χ3v) is 3.19. The first-order valence-electron chi connectivity index (χ1n) is 4.79. The first-order chi connectivity index (χ1) is 7.14. The average Bonchev–Trinajstić information content (AvgIpc) is 2.98. The van der Waals surface area contributed by atoms with E-state index in [1.807, 2.05) is 22.6 Å². The number of carbonyl (C=O) groups is 1. The van der Waals surface area contributed by atoms with E-state index >= 15 is 0 Å². The van der Waals surface area contributed by atoms with E-state index in [1.54, 1.807) is 24.3 Å². The Morgan fingerprint density at radius 3 is 2.47 bits per heavy atom. The molecule has 1 aromatic rings. The van der Waals surface area contributed by atoms with Crippen LogP contribution in [0.3, 0.4) is 0 Å². The van der Waals surface area contributed by atoms with Gasteiger partial charge in [0.1, 0.15) is 5.67 Å². The number of nitrogens with one attached hydrogen (secondary N) is 1. The highest BCUT2D eigenvalue weighted by atomic mass is 127. The van der Waals surface area contributed by atoms with Crippen LogP contribution in [0.5, 0.6) is 0 Å². The van der Waals surface area contributed by atoms with E-state index in [2.05, 4.69) is 5.32 Å². The molecule has 80 valence electrons. The number of carbonyl (C=O) groups excluding carboxylic acids is 1. The summed E-state index contributed by atoms with van der Waals surface area (Å²) in [6.07, 6.45) is 1.24. The van der Waals surface area contributed by atoms with Crippen molar-refractivity contribution in [3.05, 3.63) is 29.8 Å². The lowest BCUT2D eigenvalue weighted by molar-refractivity contribution is -0.113. The van der Waals surface area contributed by atoms with Gasteiger partial charge in [0.25, 0.3) is 0 Å². The zero-order valence-corrected chi connectivity index (χ0v) is 10.3. The second-order valence-electron chi connectivity index (χ2n) is 3.72. The molecule has 0 aromatic heterocycles. The van der Waals surface area contributed by atoms with E-state index < -0.39 is 5.67 Å². The lowest BCUT2D eigenvalue weighted by Gasteiger charge is -2.07. The lowest BCUT2D eigenvalue weighted by atomic mass is 10.1. The molecule has 1 amide bonds. The normalized spacial score (nSPS) is 17.2. The summed E-state index contributed by atoms with van der Waals surface area (Å²) in [7, 11) is 0. The quantitative estimate of drug-likeness (QED) is 0.673. The fraction of sp³-hybridized carbons (Fsp3) is 0.364. The molecule has 0 heterocycles. The van der Waals surface area contributed by atoms with Crippen LogP contribution < -0.4 is 5.32 Å². The minimum absolute atomic E-state index is 0.0373. The Kier molecular flexibility index (Phi) is 2.95. The molecule has 0 unspecified atom stereocenters. The number of amides is 1. The molecule has 0 aliphatic heterocycles. The third-order valence-electron chi connectivity index (χ3n) is 2.50. The van der Waals surface area contributed by atoms with Gasteiger partial charge in [-0.25, -0.2) is 4.39 Å². The minimum atomic E-state index is -1.09.